The van der Waals surface area contributed by atoms with Crippen LogP contribution >= 0.6 is 0 Å². The maximum atomic E-state index is 12.4. The fraction of sp³-hybridized carbons (Fsp3) is 0.333. The average Bonchev–Trinajstić information content (AvgIpc) is 3.29. The monoisotopic (exact) mass is 367 g/mol. The van der Waals surface area contributed by atoms with Gasteiger partial charge in [0, 0.05) is 29.1 Å². The average molecular weight is 367 g/mol. The summed E-state index contributed by atoms with van der Waals surface area (Å²) in [6, 6.07) is 7.77. The first-order chi connectivity index (χ1) is 13.0. The van der Waals surface area contributed by atoms with Crippen molar-refractivity contribution < 1.29 is 23.8 Å². The predicted octanol–water partition coefficient (Wildman–Crippen LogP) is 3.61. The quantitative estimate of drug-likeness (QED) is 0.443. The fourth-order valence-electron chi connectivity index (χ4n) is 3.40. The highest BCUT2D eigenvalue weighted by Crippen LogP contribution is 2.38. The van der Waals surface area contributed by atoms with Gasteiger partial charge in [-0.25, -0.2) is 4.79 Å². The van der Waals surface area contributed by atoms with Crippen LogP contribution in [0.3, 0.4) is 0 Å². The maximum absolute atomic E-state index is 12.4. The molecule has 0 N–H and O–H groups in total. The molecule has 4 rings (SSSR count). The zero-order chi connectivity index (χ0) is 19.0. The van der Waals surface area contributed by atoms with E-state index in [1.165, 1.54) is 6.08 Å². The molecular formula is C21H21NO5. The van der Waals surface area contributed by atoms with Crippen LogP contribution in [-0.2, 0) is 9.53 Å². The molecular weight excluding hydrogens is 346 g/mol. The lowest BCUT2D eigenvalue weighted by Crippen LogP contribution is -2.13. The van der Waals surface area contributed by atoms with Crippen molar-refractivity contribution >= 4 is 17.8 Å². The molecule has 1 saturated carbocycles. The first-order valence-electron chi connectivity index (χ1n) is 8.99. The number of Topliss-reactive ketones (excluding diaryl/α,β-unsaturated/α-hetero) is 1. The molecule has 0 bridgehead atoms. The van der Waals surface area contributed by atoms with Gasteiger partial charge in [-0.3, -0.25) is 4.79 Å². The van der Waals surface area contributed by atoms with Gasteiger partial charge in [0.2, 0.25) is 12.6 Å². The molecule has 1 aliphatic heterocycles. The fourth-order valence-corrected chi connectivity index (χ4v) is 3.40. The van der Waals surface area contributed by atoms with E-state index in [4.69, 9.17) is 14.2 Å². The molecule has 140 valence electrons. The molecule has 1 aromatic heterocycles. The maximum Gasteiger partial charge on any atom is 0.331 e. The molecule has 2 heterocycles. The van der Waals surface area contributed by atoms with E-state index < -0.39 is 5.97 Å². The van der Waals surface area contributed by atoms with Crippen molar-refractivity contribution in [3.8, 4) is 11.5 Å². The molecule has 0 unspecified atom stereocenters. The zero-order valence-corrected chi connectivity index (χ0v) is 15.4. The second-order valence-corrected chi connectivity index (χ2v) is 6.86. The Kier molecular flexibility index (Phi) is 4.48. The van der Waals surface area contributed by atoms with Gasteiger partial charge in [-0.15, -0.1) is 0 Å². The predicted molar refractivity (Wildman–Crippen MR) is 99.1 cm³/mol. The number of aromatic nitrogens is 1. The largest absolute Gasteiger partial charge is 0.454 e. The third-order valence-electron chi connectivity index (χ3n) is 4.85. The van der Waals surface area contributed by atoms with Crippen molar-refractivity contribution in [1.29, 1.82) is 0 Å². The van der Waals surface area contributed by atoms with Crippen LogP contribution < -0.4 is 9.47 Å². The summed E-state index contributed by atoms with van der Waals surface area (Å²) in [6.45, 7) is 3.88. The normalized spacial score (nSPS) is 15.3. The number of nitrogens with zero attached hydrogens (tertiary/aromatic N) is 1. The number of benzene rings is 1. The summed E-state index contributed by atoms with van der Waals surface area (Å²) in [4.78, 5) is 24.4. The molecule has 27 heavy (non-hydrogen) atoms. The lowest BCUT2D eigenvalue weighted by atomic mass is 10.1. The topological polar surface area (TPSA) is 66.8 Å². The Morgan fingerprint density at radius 1 is 1.19 bits per heavy atom. The van der Waals surface area contributed by atoms with Crippen molar-refractivity contribution in [1.82, 2.24) is 4.57 Å². The zero-order valence-electron chi connectivity index (χ0n) is 15.4. The van der Waals surface area contributed by atoms with Crippen molar-refractivity contribution in [2.75, 3.05) is 13.4 Å². The molecule has 0 atom stereocenters. The number of esters is 1. The van der Waals surface area contributed by atoms with Crippen LogP contribution in [0, 0.1) is 13.8 Å². The number of ketones is 1. The van der Waals surface area contributed by atoms with Gasteiger partial charge in [-0.1, -0.05) is 6.07 Å². The summed E-state index contributed by atoms with van der Waals surface area (Å²) < 4.78 is 17.9. The van der Waals surface area contributed by atoms with E-state index >= 15 is 0 Å². The van der Waals surface area contributed by atoms with E-state index in [0.29, 0.717) is 23.1 Å². The van der Waals surface area contributed by atoms with Gasteiger partial charge in [0.25, 0.3) is 0 Å². The summed E-state index contributed by atoms with van der Waals surface area (Å²) >= 11 is 0. The van der Waals surface area contributed by atoms with Crippen molar-refractivity contribution in [3.05, 3.63) is 52.9 Å². The summed E-state index contributed by atoms with van der Waals surface area (Å²) in [5, 5.41) is 0. The van der Waals surface area contributed by atoms with Gasteiger partial charge in [-0.2, -0.15) is 0 Å². The highest BCUT2D eigenvalue weighted by atomic mass is 16.7. The Hall–Kier alpha value is -3.02. The van der Waals surface area contributed by atoms with E-state index in [1.54, 1.807) is 18.2 Å². The highest BCUT2D eigenvalue weighted by Gasteiger charge is 2.28. The van der Waals surface area contributed by atoms with Gasteiger partial charge in [0.05, 0.1) is 0 Å². The molecule has 6 heteroatoms. The first kappa shape index (κ1) is 17.4. The molecule has 0 spiro atoms. The van der Waals surface area contributed by atoms with Crippen LogP contribution in [0.1, 0.15) is 46.2 Å². The van der Waals surface area contributed by atoms with Crippen LogP contribution in [0.4, 0.5) is 0 Å². The van der Waals surface area contributed by atoms with Crippen LogP contribution in [0.2, 0.25) is 0 Å². The number of hydrogen-bond donors (Lipinski definition) is 0. The lowest BCUT2D eigenvalue weighted by Gasteiger charge is -2.07. The van der Waals surface area contributed by atoms with E-state index in [0.717, 1.165) is 29.8 Å². The molecule has 6 nitrogen and oxygen atoms in total. The Labute approximate surface area is 157 Å². The van der Waals surface area contributed by atoms with Gasteiger partial charge in [0.1, 0.15) is 0 Å². The molecule has 2 aromatic rings. The van der Waals surface area contributed by atoms with Crippen molar-refractivity contribution in [2.45, 2.75) is 32.7 Å². The Morgan fingerprint density at radius 2 is 1.96 bits per heavy atom. The Bertz CT molecular complexity index is 936. The smallest absolute Gasteiger partial charge is 0.331 e. The first-order valence-corrected chi connectivity index (χ1v) is 8.99. The third-order valence-corrected chi connectivity index (χ3v) is 4.85. The minimum absolute atomic E-state index is 0.181. The molecule has 0 saturated heterocycles. The second kappa shape index (κ2) is 6.95. The van der Waals surface area contributed by atoms with Crippen LogP contribution in [0.15, 0.2) is 30.3 Å². The molecule has 1 fully saturated rings. The number of carbonyl (C=O) groups excluding carboxylic acids is 2. The number of fused-ring (bicyclic) bond motifs is 1. The highest BCUT2D eigenvalue weighted by molar-refractivity contribution is 6.00. The van der Waals surface area contributed by atoms with Crippen molar-refractivity contribution in [3.63, 3.8) is 0 Å². The number of ether oxygens (including phenoxy) is 3. The summed E-state index contributed by atoms with van der Waals surface area (Å²) in [6.07, 6.45) is 5.24. The van der Waals surface area contributed by atoms with Gasteiger partial charge in [-0.05, 0) is 56.5 Å². The van der Waals surface area contributed by atoms with E-state index in [2.05, 4.69) is 4.57 Å². The number of carbonyl (C=O) groups is 2. The second-order valence-electron chi connectivity index (χ2n) is 6.86. The molecule has 1 aromatic carbocycles. The van der Waals surface area contributed by atoms with E-state index in [-0.39, 0.29) is 19.2 Å². The van der Waals surface area contributed by atoms with E-state index in [1.807, 2.05) is 26.0 Å². The summed E-state index contributed by atoms with van der Waals surface area (Å²) in [5.41, 5.74) is 3.45. The number of rotatable bonds is 6. The standard InChI is InChI=1S/C21H21NO5/c1-13-9-17(14(2)22(13)16-5-6-16)18(23)11-25-21(24)8-4-15-3-7-19-20(10-15)27-12-26-19/h3-4,7-10,16H,5-6,11-12H2,1-2H3. The SMILES string of the molecule is Cc1cc(C(=O)COC(=O)C=Cc2ccc3c(c2)OCO3)c(C)n1C1CC1. The molecule has 0 radical (unpaired) electrons. The van der Waals surface area contributed by atoms with Crippen molar-refractivity contribution in [2.24, 2.45) is 0 Å². The van der Waals surface area contributed by atoms with E-state index in [9.17, 15) is 9.59 Å². The summed E-state index contributed by atoms with van der Waals surface area (Å²) in [5.74, 6) is 0.590. The minimum Gasteiger partial charge on any atom is -0.454 e. The molecule has 0 amide bonds. The van der Waals surface area contributed by atoms with Crippen LogP contribution in [0.25, 0.3) is 6.08 Å². The Morgan fingerprint density at radius 3 is 2.74 bits per heavy atom. The minimum atomic E-state index is -0.558. The number of aryl methyl sites for hydroxylation is 1. The Balaban J connectivity index is 1.35. The number of hydrogen-bond acceptors (Lipinski definition) is 5. The van der Waals surface area contributed by atoms with Gasteiger partial charge in [0.15, 0.2) is 18.1 Å². The van der Waals surface area contributed by atoms with Crippen LogP contribution in [0.5, 0.6) is 11.5 Å². The molecule has 2 aliphatic rings. The molecule has 1 aliphatic carbocycles. The summed E-state index contributed by atoms with van der Waals surface area (Å²) in [7, 11) is 0. The van der Waals surface area contributed by atoms with Crippen LogP contribution in [-0.4, -0.2) is 29.7 Å². The van der Waals surface area contributed by atoms with Gasteiger partial charge < -0.3 is 18.8 Å². The van der Waals surface area contributed by atoms with Gasteiger partial charge >= 0.3 is 5.97 Å². The third kappa shape index (κ3) is 3.60. The lowest BCUT2D eigenvalue weighted by molar-refractivity contribution is -0.136.